The molecular weight excluding hydrogens is 236 g/mol. The second kappa shape index (κ2) is 4.29. The number of fused-ring (bicyclic) bond motifs is 1. The van der Waals surface area contributed by atoms with Gasteiger partial charge in [-0.05, 0) is 19.3 Å². The van der Waals surface area contributed by atoms with E-state index in [9.17, 15) is 14.7 Å². The molecule has 1 aromatic rings. The summed E-state index contributed by atoms with van der Waals surface area (Å²) in [7, 11) is 0. The van der Waals surface area contributed by atoms with Gasteiger partial charge >= 0.3 is 5.97 Å². The van der Waals surface area contributed by atoms with Crippen LogP contribution in [0.2, 0.25) is 0 Å². The second-order valence-electron chi connectivity index (χ2n) is 4.55. The molecule has 2 heterocycles. The number of aliphatic hydroxyl groups is 1. The van der Waals surface area contributed by atoms with Crippen LogP contribution in [0.5, 0.6) is 0 Å². The van der Waals surface area contributed by atoms with Gasteiger partial charge in [0.1, 0.15) is 11.4 Å². The Kier molecular flexibility index (Phi) is 2.94. The van der Waals surface area contributed by atoms with Crippen LogP contribution < -0.4 is 5.56 Å². The van der Waals surface area contributed by atoms with E-state index in [1.54, 1.807) is 0 Å². The van der Waals surface area contributed by atoms with Crippen molar-refractivity contribution in [1.82, 2.24) is 9.55 Å². The van der Waals surface area contributed by atoms with Gasteiger partial charge < -0.3 is 10.2 Å². The fraction of sp³-hybridized carbons (Fsp3) is 0.417. The van der Waals surface area contributed by atoms with Crippen molar-refractivity contribution in [3.8, 4) is 0 Å². The normalized spacial score (nSPS) is 24.9. The first-order valence-corrected chi connectivity index (χ1v) is 5.66. The van der Waals surface area contributed by atoms with E-state index < -0.39 is 11.5 Å². The summed E-state index contributed by atoms with van der Waals surface area (Å²) >= 11 is 0. The van der Waals surface area contributed by atoms with Gasteiger partial charge in [-0.1, -0.05) is 6.92 Å². The molecule has 0 aliphatic carbocycles. The van der Waals surface area contributed by atoms with E-state index in [4.69, 9.17) is 5.11 Å². The maximum absolute atomic E-state index is 12.1. The van der Waals surface area contributed by atoms with Gasteiger partial charge in [-0.15, -0.1) is 0 Å². The Hall–Kier alpha value is -2.11. The molecule has 2 N–H and O–H groups in total. The van der Waals surface area contributed by atoms with Crippen molar-refractivity contribution in [2.75, 3.05) is 0 Å². The molecule has 0 saturated carbocycles. The number of carboxylic acid groups (broad SMARTS) is 1. The van der Waals surface area contributed by atoms with E-state index in [0.29, 0.717) is 17.8 Å². The largest absolute Gasteiger partial charge is 0.515 e. The number of carbonyl (C=O) groups is 1. The molecule has 1 aromatic heterocycles. The topological polar surface area (TPSA) is 92.4 Å². The number of rotatable bonds is 1. The zero-order valence-corrected chi connectivity index (χ0v) is 10.1. The van der Waals surface area contributed by atoms with Gasteiger partial charge in [0.2, 0.25) is 0 Å². The lowest BCUT2D eigenvalue weighted by Gasteiger charge is -2.30. The summed E-state index contributed by atoms with van der Waals surface area (Å²) in [6.07, 6.45) is 2.64. The van der Waals surface area contributed by atoms with Gasteiger partial charge in [-0.2, -0.15) is 0 Å². The average molecular weight is 250 g/mol. The molecule has 0 spiro atoms. The van der Waals surface area contributed by atoms with Gasteiger partial charge in [-0.3, -0.25) is 9.36 Å². The molecule has 2 atom stereocenters. The molecular formula is C12H14N2O4. The van der Waals surface area contributed by atoms with E-state index in [1.165, 1.54) is 4.57 Å². The summed E-state index contributed by atoms with van der Waals surface area (Å²) in [5.41, 5.74) is -0.370. The molecule has 18 heavy (non-hydrogen) atoms. The van der Waals surface area contributed by atoms with Crippen LogP contribution in [0.3, 0.4) is 0 Å². The molecule has 0 bridgehead atoms. The minimum Gasteiger partial charge on any atom is -0.515 e. The van der Waals surface area contributed by atoms with Gasteiger partial charge in [0.25, 0.3) is 5.56 Å². The van der Waals surface area contributed by atoms with E-state index in [2.05, 4.69) is 4.98 Å². The number of hydrogen-bond donors (Lipinski definition) is 2. The second-order valence-corrected chi connectivity index (χ2v) is 4.55. The van der Waals surface area contributed by atoms with Gasteiger partial charge in [0.15, 0.2) is 0 Å². The summed E-state index contributed by atoms with van der Waals surface area (Å²) in [6, 6.07) is -0.141. The quantitative estimate of drug-likeness (QED) is 0.736. The van der Waals surface area contributed by atoms with Crippen molar-refractivity contribution in [2.24, 2.45) is 5.92 Å². The highest BCUT2D eigenvalue weighted by atomic mass is 16.4. The summed E-state index contributed by atoms with van der Waals surface area (Å²) in [6.45, 7) is 3.77. The minimum atomic E-state index is -1.29. The molecule has 0 aromatic carbocycles. The maximum atomic E-state index is 12.1. The zero-order chi connectivity index (χ0) is 13.4. The van der Waals surface area contributed by atoms with Crippen molar-refractivity contribution in [3.63, 3.8) is 0 Å². The maximum Gasteiger partial charge on any atom is 0.342 e. The first kappa shape index (κ1) is 12.3. The number of aliphatic hydroxyl groups excluding tert-OH is 1. The Bertz CT molecular complexity index is 588. The third-order valence-corrected chi connectivity index (χ3v) is 3.29. The highest BCUT2D eigenvalue weighted by molar-refractivity contribution is 5.87. The number of hydrogen-bond acceptors (Lipinski definition) is 4. The van der Waals surface area contributed by atoms with Crippen LogP contribution in [0.1, 0.15) is 42.5 Å². The number of allylic oxidation sites excluding steroid dienone is 1. The lowest BCUT2D eigenvalue weighted by Crippen LogP contribution is -2.36. The van der Waals surface area contributed by atoms with Gasteiger partial charge in [0, 0.05) is 17.8 Å². The summed E-state index contributed by atoms with van der Waals surface area (Å²) in [5, 5.41) is 18.1. The third-order valence-electron chi connectivity index (χ3n) is 3.29. The first-order chi connectivity index (χ1) is 8.47. The zero-order valence-electron chi connectivity index (χ0n) is 10.1. The summed E-state index contributed by atoms with van der Waals surface area (Å²) in [4.78, 5) is 27.0. The highest BCUT2D eigenvalue weighted by Crippen LogP contribution is 2.34. The van der Waals surface area contributed by atoms with Crippen LogP contribution in [-0.2, 0) is 0 Å². The van der Waals surface area contributed by atoms with E-state index in [0.717, 1.165) is 12.5 Å². The van der Waals surface area contributed by atoms with Crippen molar-refractivity contribution in [1.29, 1.82) is 0 Å². The fourth-order valence-electron chi connectivity index (χ4n) is 2.39. The molecule has 2 unspecified atom stereocenters. The van der Waals surface area contributed by atoms with Crippen LogP contribution in [0.25, 0.3) is 5.57 Å². The Morgan fingerprint density at radius 3 is 2.78 bits per heavy atom. The summed E-state index contributed by atoms with van der Waals surface area (Å²) in [5.74, 6) is -0.866. The molecule has 0 radical (unpaired) electrons. The van der Waals surface area contributed by atoms with E-state index >= 15 is 0 Å². The Labute approximate surface area is 103 Å². The van der Waals surface area contributed by atoms with Crippen molar-refractivity contribution in [3.05, 3.63) is 34.2 Å². The number of nitrogens with zero attached hydrogens (tertiary/aromatic N) is 2. The Morgan fingerprint density at radius 1 is 1.56 bits per heavy atom. The van der Waals surface area contributed by atoms with Crippen LogP contribution in [0.15, 0.2) is 17.3 Å². The predicted octanol–water partition coefficient (Wildman–Crippen LogP) is 1.44. The molecule has 1 aliphatic rings. The van der Waals surface area contributed by atoms with E-state index in [1.807, 2.05) is 13.8 Å². The smallest absolute Gasteiger partial charge is 0.342 e. The number of aromatic nitrogens is 2. The van der Waals surface area contributed by atoms with Crippen LogP contribution in [0.4, 0.5) is 0 Å². The minimum absolute atomic E-state index is 0.0765. The Balaban J connectivity index is 2.74. The highest BCUT2D eigenvalue weighted by Gasteiger charge is 2.29. The molecule has 96 valence electrons. The molecule has 0 saturated heterocycles. The molecule has 1 aliphatic heterocycles. The van der Waals surface area contributed by atoms with Crippen LogP contribution >= 0.6 is 0 Å². The van der Waals surface area contributed by atoms with Gasteiger partial charge in [0.05, 0.1) is 6.26 Å². The third kappa shape index (κ3) is 1.70. The molecule has 6 nitrogen and oxygen atoms in total. The number of carboxylic acids is 1. The fourth-order valence-corrected chi connectivity index (χ4v) is 2.39. The van der Waals surface area contributed by atoms with Crippen LogP contribution in [-0.4, -0.2) is 25.7 Å². The van der Waals surface area contributed by atoms with Crippen molar-refractivity contribution in [2.45, 2.75) is 26.3 Å². The lowest BCUT2D eigenvalue weighted by molar-refractivity contribution is 0.0693. The number of aromatic carboxylic acids is 1. The molecule has 6 heteroatoms. The molecule has 2 rings (SSSR count). The van der Waals surface area contributed by atoms with Crippen LogP contribution in [0, 0.1) is 5.92 Å². The molecule has 0 amide bonds. The lowest BCUT2D eigenvalue weighted by atomic mass is 9.90. The summed E-state index contributed by atoms with van der Waals surface area (Å²) < 4.78 is 1.34. The van der Waals surface area contributed by atoms with E-state index in [-0.39, 0.29) is 17.5 Å². The SMILES string of the molecule is CC1CC(C)n2c(ncc(C(=O)O)c2=O)/C1=C\O. The van der Waals surface area contributed by atoms with Crippen molar-refractivity contribution < 1.29 is 15.0 Å². The van der Waals surface area contributed by atoms with Gasteiger partial charge in [-0.25, -0.2) is 9.78 Å². The van der Waals surface area contributed by atoms with Crippen molar-refractivity contribution >= 4 is 11.5 Å². The molecule has 0 fully saturated rings. The Morgan fingerprint density at radius 2 is 2.22 bits per heavy atom. The average Bonchev–Trinajstić information content (AvgIpc) is 2.28. The standard InChI is InChI=1S/C12H14N2O4/c1-6-3-7(2)14-10(9(6)5-15)13-4-8(11(14)16)12(17)18/h4-7,15H,3H2,1-2H3,(H,17,18)/b9-5-. The predicted molar refractivity (Wildman–Crippen MR) is 64.6 cm³/mol. The first-order valence-electron chi connectivity index (χ1n) is 5.66. The monoisotopic (exact) mass is 250 g/mol.